The monoisotopic (exact) mass is 235 g/mol. The number of ether oxygens (including phenoxy) is 1. The summed E-state index contributed by atoms with van der Waals surface area (Å²) in [5, 5.41) is 11.8. The molecule has 0 saturated heterocycles. The molecule has 1 aromatic carbocycles. The number of carbonyl (C=O) groups is 2. The van der Waals surface area contributed by atoms with Crippen molar-refractivity contribution in [3.63, 3.8) is 0 Å². The maximum Gasteiger partial charge on any atom is 0.334 e. The number of carbonyl (C=O) groups excluding carboxylic acids is 1. The van der Waals surface area contributed by atoms with Crippen molar-refractivity contribution in [1.29, 1.82) is 0 Å². The number of fused-ring (bicyclic) bond motifs is 1. The van der Waals surface area contributed by atoms with Crippen LogP contribution in [0.4, 0.5) is 0 Å². The summed E-state index contributed by atoms with van der Waals surface area (Å²) in [5.74, 6) is -0.458. The van der Waals surface area contributed by atoms with Gasteiger partial charge in [-0.05, 0) is 36.1 Å². The predicted octanol–water partition coefficient (Wildman–Crippen LogP) is 0.667. The number of hydrogen-bond donors (Lipinski definition) is 2. The first-order chi connectivity index (χ1) is 8.14. The van der Waals surface area contributed by atoms with Crippen molar-refractivity contribution in [3.05, 3.63) is 29.3 Å². The lowest BCUT2D eigenvalue weighted by Crippen LogP contribution is -2.46. The van der Waals surface area contributed by atoms with Gasteiger partial charge < -0.3 is 15.2 Å². The summed E-state index contributed by atoms with van der Waals surface area (Å²) in [6.07, 6.45) is 1.43. The zero-order valence-corrected chi connectivity index (χ0v) is 9.40. The molecule has 1 aromatic rings. The number of benzene rings is 1. The van der Waals surface area contributed by atoms with Gasteiger partial charge in [0.05, 0.1) is 7.11 Å². The summed E-state index contributed by atoms with van der Waals surface area (Å²) in [6, 6.07) is 5.30. The lowest BCUT2D eigenvalue weighted by Gasteiger charge is -2.24. The molecule has 2 rings (SSSR count). The van der Waals surface area contributed by atoms with E-state index < -0.39 is 11.5 Å². The molecule has 1 atom stereocenters. The van der Waals surface area contributed by atoms with Crippen LogP contribution in [0.5, 0.6) is 5.75 Å². The van der Waals surface area contributed by atoms with Crippen molar-refractivity contribution in [1.82, 2.24) is 5.32 Å². The Morgan fingerprint density at radius 1 is 1.59 bits per heavy atom. The fraction of sp³-hybridized carbons (Fsp3) is 0.333. The maximum absolute atomic E-state index is 11.4. The molecule has 1 amide bonds. The first-order valence-electron chi connectivity index (χ1n) is 5.26. The Morgan fingerprint density at radius 2 is 2.35 bits per heavy atom. The fourth-order valence-corrected chi connectivity index (χ4v) is 2.29. The Balaban J connectivity index is 2.55. The number of hydrogen-bond acceptors (Lipinski definition) is 3. The Hall–Kier alpha value is -2.04. The molecule has 90 valence electrons. The summed E-state index contributed by atoms with van der Waals surface area (Å²) in [7, 11) is 1.52. The van der Waals surface area contributed by atoms with Crippen molar-refractivity contribution in [2.24, 2.45) is 0 Å². The van der Waals surface area contributed by atoms with Crippen molar-refractivity contribution in [2.45, 2.75) is 18.4 Å². The number of amides is 1. The molecule has 0 spiro atoms. The van der Waals surface area contributed by atoms with E-state index in [0.29, 0.717) is 30.6 Å². The molecule has 0 heterocycles. The van der Waals surface area contributed by atoms with Gasteiger partial charge in [-0.2, -0.15) is 0 Å². The second-order valence-corrected chi connectivity index (χ2v) is 4.00. The number of carboxylic acids is 1. The van der Waals surface area contributed by atoms with Crippen LogP contribution < -0.4 is 10.1 Å². The zero-order chi connectivity index (χ0) is 12.5. The third-order valence-corrected chi connectivity index (χ3v) is 3.22. The van der Waals surface area contributed by atoms with E-state index in [1.165, 1.54) is 7.11 Å². The van der Waals surface area contributed by atoms with E-state index in [1.807, 2.05) is 6.07 Å². The highest BCUT2D eigenvalue weighted by Crippen LogP contribution is 2.38. The van der Waals surface area contributed by atoms with Crippen LogP contribution in [0, 0.1) is 0 Å². The summed E-state index contributed by atoms with van der Waals surface area (Å²) < 4.78 is 5.08. The molecule has 0 aliphatic heterocycles. The molecular formula is C12H13NO4. The van der Waals surface area contributed by atoms with E-state index in [9.17, 15) is 14.7 Å². The molecule has 0 radical (unpaired) electrons. The minimum absolute atomic E-state index is 0.365. The van der Waals surface area contributed by atoms with Crippen molar-refractivity contribution >= 4 is 12.4 Å². The van der Waals surface area contributed by atoms with Gasteiger partial charge in [0, 0.05) is 0 Å². The third-order valence-electron chi connectivity index (χ3n) is 3.22. The summed E-state index contributed by atoms with van der Waals surface area (Å²) in [5.41, 5.74) is 0.227. The highest BCUT2D eigenvalue weighted by molar-refractivity contribution is 5.85. The molecule has 0 saturated carbocycles. The second-order valence-electron chi connectivity index (χ2n) is 4.00. The van der Waals surface area contributed by atoms with Crippen molar-refractivity contribution in [2.75, 3.05) is 7.11 Å². The lowest BCUT2D eigenvalue weighted by atomic mass is 9.92. The van der Waals surface area contributed by atoms with Gasteiger partial charge in [0.25, 0.3) is 0 Å². The quantitative estimate of drug-likeness (QED) is 0.752. The van der Waals surface area contributed by atoms with E-state index >= 15 is 0 Å². The average molecular weight is 235 g/mol. The van der Waals surface area contributed by atoms with Crippen LogP contribution in [0.2, 0.25) is 0 Å². The largest absolute Gasteiger partial charge is 0.497 e. The van der Waals surface area contributed by atoms with Gasteiger partial charge in [-0.1, -0.05) is 6.07 Å². The summed E-state index contributed by atoms with van der Waals surface area (Å²) >= 11 is 0. The predicted molar refractivity (Wildman–Crippen MR) is 59.8 cm³/mol. The normalized spacial score (nSPS) is 21.7. The molecular weight excluding hydrogens is 222 g/mol. The second kappa shape index (κ2) is 4.08. The average Bonchev–Trinajstić information content (AvgIpc) is 2.69. The Morgan fingerprint density at radius 3 is 2.94 bits per heavy atom. The minimum Gasteiger partial charge on any atom is -0.497 e. The van der Waals surface area contributed by atoms with Gasteiger partial charge in [0.1, 0.15) is 5.75 Å². The molecule has 1 unspecified atom stereocenters. The minimum atomic E-state index is -1.31. The van der Waals surface area contributed by atoms with E-state index in [1.54, 1.807) is 12.1 Å². The number of methoxy groups -OCH3 is 1. The van der Waals surface area contributed by atoms with Crippen LogP contribution in [0.15, 0.2) is 18.2 Å². The number of aryl methyl sites for hydroxylation is 1. The van der Waals surface area contributed by atoms with Crippen molar-refractivity contribution in [3.8, 4) is 5.75 Å². The number of nitrogens with one attached hydrogen (secondary N) is 1. The maximum atomic E-state index is 11.4. The fourth-order valence-electron chi connectivity index (χ4n) is 2.29. The molecule has 0 bridgehead atoms. The van der Waals surface area contributed by atoms with Gasteiger partial charge >= 0.3 is 5.97 Å². The van der Waals surface area contributed by atoms with Crippen LogP contribution >= 0.6 is 0 Å². The Bertz CT molecular complexity index is 472. The number of aliphatic carboxylic acids is 1. The highest BCUT2D eigenvalue weighted by Gasteiger charge is 2.45. The SMILES string of the molecule is COc1ccc2c(c1)C(NC=O)(C(=O)O)CC2. The molecule has 2 N–H and O–H groups in total. The van der Waals surface area contributed by atoms with Crippen LogP contribution in [0.25, 0.3) is 0 Å². The van der Waals surface area contributed by atoms with E-state index in [0.717, 1.165) is 5.56 Å². The Kier molecular flexibility index (Phi) is 2.75. The van der Waals surface area contributed by atoms with Crippen molar-refractivity contribution < 1.29 is 19.4 Å². The molecule has 0 aromatic heterocycles. The molecule has 17 heavy (non-hydrogen) atoms. The van der Waals surface area contributed by atoms with Gasteiger partial charge in [0.2, 0.25) is 6.41 Å². The zero-order valence-electron chi connectivity index (χ0n) is 9.40. The van der Waals surface area contributed by atoms with E-state index in [-0.39, 0.29) is 0 Å². The van der Waals surface area contributed by atoms with Gasteiger partial charge in [-0.15, -0.1) is 0 Å². The molecule has 0 fully saturated rings. The van der Waals surface area contributed by atoms with Crippen LogP contribution in [-0.4, -0.2) is 24.6 Å². The van der Waals surface area contributed by atoms with E-state index in [4.69, 9.17) is 4.74 Å². The molecule has 1 aliphatic carbocycles. The Labute approximate surface area is 98.4 Å². The topological polar surface area (TPSA) is 75.6 Å². The number of carboxylic acid groups (broad SMARTS) is 1. The standard InChI is InChI=1S/C12H13NO4/c1-17-9-3-2-8-4-5-12(11(15)16,13-7-14)10(8)6-9/h2-3,6-7H,4-5H2,1H3,(H,13,14)(H,15,16). The first kappa shape index (κ1) is 11.4. The van der Waals surface area contributed by atoms with E-state index in [2.05, 4.69) is 5.32 Å². The lowest BCUT2D eigenvalue weighted by molar-refractivity contribution is -0.146. The highest BCUT2D eigenvalue weighted by atomic mass is 16.5. The number of rotatable bonds is 4. The molecule has 5 heteroatoms. The molecule has 1 aliphatic rings. The summed E-state index contributed by atoms with van der Waals surface area (Å²) in [4.78, 5) is 22.0. The summed E-state index contributed by atoms with van der Waals surface area (Å²) in [6.45, 7) is 0. The van der Waals surface area contributed by atoms with Gasteiger partial charge in [-0.25, -0.2) is 4.79 Å². The van der Waals surface area contributed by atoms with Crippen LogP contribution in [0.3, 0.4) is 0 Å². The third kappa shape index (κ3) is 1.63. The smallest absolute Gasteiger partial charge is 0.334 e. The van der Waals surface area contributed by atoms with Gasteiger partial charge in [0.15, 0.2) is 5.54 Å². The first-order valence-corrected chi connectivity index (χ1v) is 5.26. The van der Waals surface area contributed by atoms with Crippen LogP contribution in [0.1, 0.15) is 17.5 Å². The van der Waals surface area contributed by atoms with Gasteiger partial charge in [-0.3, -0.25) is 4.79 Å². The molecule has 5 nitrogen and oxygen atoms in total. The van der Waals surface area contributed by atoms with Crippen LogP contribution in [-0.2, 0) is 21.5 Å².